The minimum atomic E-state index is -1.24. The van der Waals surface area contributed by atoms with Crippen LogP contribution in [-0.2, 0) is 0 Å². The van der Waals surface area contributed by atoms with Gasteiger partial charge in [-0.1, -0.05) is 106 Å². The Bertz CT molecular complexity index is 288. The second kappa shape index (κ2) is 16.2. The van der Waals surface area contributed by atoms with Crippen molar-refractivity contribution in [3.05, 3.63) is 0 Å². The van der Waals surface area contributed by atoms with Crippen LogP contribution in [0.4, 0.5) is 0 Å². The van der Waals surface area contributed by atoms with Crippen LogP contribution in [0.25, 0.3) is 0 Å². The van der Waals surface area contributed by atoms with Crippen LogP contribution in [0.5, 0.6) is 0 Å². The summed E-state index contributed by atoms with van der Waals surface area (Å²) in [4.78, 5) is 0. The lowest BCUT2D eigenvalue weighted by molar-refractivity contribution is 0.507. The van der Waals surface area contributed by atoms with Gasteiger partial charge in [-0.15, -0.1) is 0 Å². The van der Waals surface area contributed by atoms with E-state index < -0.39 is 16.5 Å². The van der Waals surface area contributed by atoms with Crippen molar-refractivity contribution in [3.8, 4) is 0 Å². The summed E-state index contributed by atoms with van der Waals surface area (Å²) < 4.78 is 3.27. The minimum Gasteiger partial charge on any atom is -0.345 e. The fraction of sp³-hybridized carbons (Fsp3) is 1.00. The van der Waals surface area contributed by atoms with Gasteiger partial charge in [0.2, 0.25) is 0 Å². The molecule has 0 spiro atoms. The van der Waals surface area contributed by atoms with Gasteiger partial charge in [-0.25, -0.2) is 0 Å². The third-order valence-electron chi connectivity index (χ3n) is 7.83. The molecule has 0 aromatic rings. The predicted molar refractivity (Wildman–Crippen MR) is 133 cm³/mol. The molecule has 0 aromatic carbocycles. The van der Waals surface area contributed by atoms with E-state index in [1.165, 1.54) is 107 Å². The topological polar surface area (TPSA) is 3.24 Å². The van der Waals surface area contributed by atoms with E-state index in [4.69, 9.17) is 0 Å². The molecular formula is C24H55NSi2. The van der Waals surface area contributed by atoms with Crippen LogP contribution in [0.1, 0.15) is 113 Å². The number of rotatable bonds is 19. The summed E-state index contributed by atoms with van der Waals surface area (Å²) in [7, 11) is -2.49. The van der Waals surface area contributed by atoms with E-state index >= 15 is 0 Å². The lowest BCUT2D eigenvalue weighted by Crippen LogP contribution is -2.66. The van der Waals surface area contributed by atoms with Gasteiger partial charge in [0, 0.05) is 0 Å². The Labute approximate surface area is 176 Å². The summed E-state index contributed by atoms with van der Waals surface area (Å²) in [6, 6.07) is 8.79. The van der Waals surface area contributed by atoms with E-state index in [9.17, 15) is 0 Å². The molecule has 0 aliphatic heterocycles. The maximum Gasteiger partial charge on any atom is 0.120 e. The van der Waals surface area contributed by atoms with Gasteiger partial charge in [-0.05, 0) is 49.2 Å². The molecule has 0 amide bonds. The molecule has 0 unspecified atom stereocenters. The van der Waals surface area contributed by atoms with Gasteiger partial charge >= 0.3 is 0 Å². The first kappa shape index (κ1) is 27.4. The molecule has 0 aliphatic carbocycles. The maximum absolute atomic E-state index is 3.27. The standard InChI is InChI=1S/C24H55NSi2/c1-8-15-16-17-18-19-20-21-22-23-24-25(26(9-2,10-3)11-4)27(12-5,13-6)14-7/h8-24H2,1-7H3. The maximum atomic E-state index is 3.27. The molecule has 164 valence electrons. The molecule has 0 radical (unpaired) electrons. The average molecular weight is 414 g/mol. The van der Waals surface area contributed by atoms with Crippen LogP contribution in [0.2, 0.25) is 36.3 Å². The Morgan fingerprint density at radius 2 is 0.704 bits per heavy atom. The summed E-state index contributed by atoms with van der Waals surface area (Å²) in [5.41, 5.74) is 0. The third kappa shape index (κ3) is 8.74. The molecule has 0 heterocycles. The van der Waals surface area contributed by atoms with E-state index in [0.717, 1.165) is 0 Å². The Kier molecular flexibility index (Phi) is 16.5. The zero-order valence-corrected chi connectivity index (χ0v) is 22.5. The number of hydrogen-bond acceptors (Lipinski definition) is 1. The zero-order chi connectivity index (χ0) is 20.6. The van der Waals surface area contributed by atoms with E-state index in [1.807, 2.05) is 0 Å². The molecule has 0 aliphatic rings. The van der Waals surface area contributed by atoms with Crippen molar-refractivity contribution in [3.63, 3.8) is 0 Å². The molecule has 0 bridgehead atoms. The summed E-state index contributed by atoms with van der Waals surface area (Å²) >= 11 is 0. The van der Waals surface area contributed by atoms with Crippen molar-refractivity contribution in [2.75, 3.05) is 6.54 Å². The summed E-state index contributed by atoms with van der Waals surface area (Å²) in [5.74, 6) is 0. The second-order valence-corrected chi connectivity index (χ2v) is 19.6. The average Bonchev–Trinajstić information content (AvgIpc) is 2.72. The highest BCUT2D eigenvalue weighted by Crippen LogP contribution is 2.36. The summed E-state index contributed by atoms with van der Waals surface area (Å²) in [5, 5.41) is 0. The van der Waals surface area contributed by atoms with Crippen molar-refractivity contribution in [1.82, 2.24) is 4.23 Å². The van der Waals surface area contributed by atoms with Gasteiger partial charge in [0.05, 0.1) is 0 Å². The van der Waals surface area contributed by atoms with Gasteiger partial charge < -0.3 is 4.23 Å². The molecule has 0 aromatic heterocycles. The first-order valence-corrected chi connectivity index (χ1v) is 18.0. The molecule has 1 nitrogen and oxygen atoms in total. The predicted octanol–water partition coefficient (Wildman–Crippen LogP) is 9.22. The van der Waals surface area contributed by atoms with E-state index in [1.54, 1.807) is 0 Å². The van der Waals surface area contributed by atoms with Crippen LogP contribution in [0.3, 0.4) is 0 Å². The SMILES string of the molecule is CCCCCCCCCCCCN([Si](CC)(CC)CC)[Si](CC)(CC)CC. The first-order valence-electron chi connectivity index (χ1n) is 12.8. The monoisotopic (exact) mass is 413 g/mol. The lowest BCUT2D eigenvalue weighted by Gasteiger charge is -2.52. The van der Waals surface area contributed by atoms with Crippen LogP contribution in [0, 0.1) is 0 Å². The van der Waals surface area contributed by atoms with Gasteiger partial charge in [0.1, 0.15) is 16.5 Å². The largest absolute Gasteiger partial charge is 0.345 e. The van der Waals surface area contributed by atoms with Crippen LogP contribution in [0.15, 0.2) is 0 Å². The summed E-state index contributed by atoms with van der Waals surface area (Å²) in [6.45, 7) is 18.8. The van der Waals surface area contributed by atoms with Gasteiger partial charge in [0.25, 0.3) is 0 Å². The molecule has 0 saturated carbocycles. The van der Waals surface area contributed by atoms with E-state index in [0.29, 0.717) is 0 Å². The highest BCUT2D eigenvalue weighted by molar-refractivity contribution is 6.92. The van der Waals surface area contributed by atoms with E-state index in [-0.39, 0.29) is 0 Å². The van der Waals surface area contributed by atoms with Gasteiger partial charge in [-0.3, -0.25) is 0 Å². The number of nitrogens with zero attached hydrogens (tertiary/aromatic N) is 1. The Morgan fingerprint density at radius 3 is 1.00 bits per heavy atom. The lowest BCUT2D eigenvalue weighted by atomic mass is 10.1. The van der Waals surface area contributed by atoms with Crippen molar-refractivity contribution in [2.24, 2.45) is 0 Å². The fourth-order valence-electron chi connectivity index (χ4n) is 5.38. The van der Waals surface area contributed by atoms with Crippen LogP contribution < -0.4 is 0 Å². The number of hydrogen-bond donors (Lipinski definition) is 0. The Balaban J connectivity index is 4.59. The van der Waals surface area contributed by atoms with E-state index in [2.05, 4.69) is 52.7 Å². The minimum absolute atomic E-state index is 1.24. The van der Waals surface area contributed by atoms with Gasteiger partial charge in [-0.2, -0.15) is 0 Å². The Morgan fingerprint density at radius 1 is 0.407 bits per heavy atom. The molecule has 0 rings (SSSR count). The normalized spacial score (nSPS) is 12.9. The van der Waals surface area contributed by atoms with Crippen molar-refractivity contribution < 1.29 is 0 Å². The van der Waals surface area contributed by atoms with Crippen LogP contribution >= 0.6 is 0 Å². The zero-order valence-electron chi connectivity index (χ0n) is 20.5. The van der Waals surface area contributed by atoms with Crippen LogP contribution in [-0.4, -0.2) is 27.2 Å². The molecule has 27 heavy (non-hydrogen) atoms. The molecule has 0 fully saturated rings. The highest BCUT2D eigenvalue weighted by Gasteiger charge is 2.45. The smallest absolute Gasteiger partial charge is 0.120 e. The molecule has 0 N–H and O–H groups in total. The summed E-state index contributed by atoms with van der Waals surface area (Å²) in [6.07, 6.45) is 14.6. The molecule has 0 saturated heterocycles. The fourth-order valence-corrected chi connectivity index (χ4v) is 18.8. The molecular weight excluding hydrogens is 358 g/mol. The molecule has 3 heteroatoms. The third-order valence-corrected chi connectivity index (χ3v) is 21.3. The number of unbranched alkanes of at least 4 members (excludes halogenated alkanes) is 9. The highest BCUT2D eigenvalue weighted by atomic mass is 28.4. The molecule has 0 atom stereocenters. The van der Waals surface area contributed by atoms with Crippen molar-refractivity contribution in [1.29, 1.82) is 0 Å². The quantitative estimate of drug-likeness (QED) is 0.151. The first-order chi connectivity index (χ1) is 13.1. The van der Waals surface area contributed by atoms with Gasteiger partial charge in [0.15, 0.2) is 0 Å². The van der Waals surface area contributed by atoms with Crippen molar-refractivity contribution in [2.45, 2.75) is 149 Å². The second-order valence-electron chi connectivity index (χ2n) is 8.90. The van der Waals surface area contributed by atoms with Crippen molar-refractivity contribution >= 4 is 16.5 Å². The Hall–Kier alpha value is 0.394.